The molecule has 0 aliphatic heterocycles. The molecule has 2 aromatic rings. The van der Waals surface area contributed by atoms with Crippen LogP contribution in [0.2, 0.25) is 0 Å². The molecule has 18 heavy (non-hydrogen) atoms. The Balaban J connectivity index is 2.23. The van der Waals surface area contributed by atoms with Crippen molar-refractivity contribution >= 4 is 0 Å². The fourth-order valence-electron chi connectivity index (χ4n) is 1.62. The highest BCUT2D eigenvalue weighted by atomic mass is 16.5. The largest absolute Gasteiger partial charge is 0.497 e. The van der Waals surface area contributed by atoms with Gasteiger partial charge in [0.2, 0.25) is 5.89 Å². The van der Waals surface area contributed by atoms with Gasteiger partial charge in [0.1, 0.15) is 5.75 Å². The van der Waals surface area contributed by atoms with Crippen molar-refractivity contribution in [2.75, 3.05) is 7.11 Å². The Morgan fingerprint density at radius 3 is 2.44 bits per heavy atom. The van der Waals surface area contributed by atoms with Crippen molar-refractivity contribution in [1.82, 2.24) is 4.98 Å². The highest BCUT2D eigenvalue weighted by molar-refractivity contribution is 5.57. The van der Waals surface area contributed by atoms with E-state index in [4.69, 9.17) is 14.9 Å². The molecular weight excluding hydrogens is 228 g/mol. The van der Waals surface area contributed by atoms with Crippen molar-refractivity contribution < 1.29 is 9.15 Å². The SMILES string of the molecule is COc1ccc(-c2cnc(C(N)C(C)C)o2)cc1. The van der Waals surface area contributed by atoms with Gasteiger partial charge in [-0.2, -0.15) is 0 Å². The molecule has 1 aromatic heterocycles. The number of nitrogens with two attached hydrogens (primary N) is 1. The van der Waals surface area contributed by atoms with Crippen molar-refractivity contribution in [2.45, 2.75) is 19.9 Å². The number of hydrogen-bond acceptors (Lipinski definition) is 4. The van der Waals surface area contributed by atoms with Crippen LogP contribution in [-0.2, 0) is 0 Å². The quantitative estimate of drug-likeness (QED) is 0.900. The molecule has 0 saturated carbocycles. The average Bonchev–Trinajstić information content (AvgIpc) is 2.87. The van der Waals surface area contributed by atoms with Crippen LogP contribution >= 0.6 is 0 Å². The lowest BCUT2D eigenvalue weighted by Crippen LogP contribution is -2.16. The molecule has 0 amide bonds. The van der Waals surface area contributed by atoms with E-state index in [2.05, 4.69) is 4.98 Å². The van der Waals surface area contributed by atoms with E-state index in [1.165, 1.54) is 0 Å². The van der Waals surface area contributed by atoms with Crippen molar-refractivity contribution in [2.24, 2.45) is 11.7 Å². The zero-order valence-corrected chi connectivity index (χ0v) is 10.9. The maximum absolute atomic E-state index is 6.00. The second-order valence-electron chi connectivity index (χ2n) is 4.56. The first kappa shape index (κ1) is 12.6. The van der Waals surface area contributed by atoms with Crippen LogP contribution in [0.5, 0.6) is 5.75 Å². The van der Waals surface area contributed by atoms with Gasteiger partial charge in [0, 0.05) is 5.56 Å². The van der Waals surface area contributed by atoms with E-state index in [0.717, 1.165) is 17.1 Å². The lowest BCUT2D eigenvalue weighted by molar-refractivity contribution is 0.394. The predicted molar refractivity (Wildman–Crippen MR) is 70.3 cm³/mol. The highest BCUT2D eigenvalue weighted by Crippen LogP contribution is 2.26. The average molecular weight is 246 g/mol. The summed E-state index contributed by atoms with van der Waals surface area (Å²) >= 11 is 0. The fraction of sp³-hybridized carbons (Fsp3) is 0.357. The minimum absolute atomic E-state index is 0.169. The molecule has 96 valence electrons. The Kier molecular flexibility index (Phi) is 3.67. The second-order valence-corrected chi connectivity index (χ2v) is 4.56. The first-order chi connectivity index (χ1) is 8.61. The summed E-state index contributed by atoms with van der Waals surface area (Å²) in [6, 6.07) is 7.48. The van der Waals surface area contributed by atoms with Gasteiger partial charge in [0.15, 0.2) is 5.76 Å². The molecule has 1 unspecified atom stereocenters. The van der Waals surface area contributed by atoms with Crippen LogP contribution in [0.25, 0.3) is 11.3 Å². The summed E-state index contributed by atoms with van der Waals surface area (Å²) in [5, 5.41) is 0. The van der Waals surface area contributed by atoms with E-state index in [1.807, 2.05) is 38.1 Å². The summed E-state index contributed by atoms with van der Waals surface area (Å²) < 4.78 is 10.8. The molecule has 0 aliphatic rings. The molecule has 0 spiro atoms. The Morgan fingerprint density at radius 2 is 1.89 bits per heavy atom. The Bertz CT molecular complexity index is 503. The summed E-state index contributed by atoms with van der Waals surface area (Å²) in [6.45, 7) is 4.09. The van der Waals surface area contributed by atoms with Crippen LogP contribution < -0.4 is 10.5 Å². The standard InChI is InChI=1S/C14H18N2O2/c1-9(2)13(15)14-16-8-12(18-14)10-4-6-11(17-3)7-5-10/h4-9,13H,15H2,1-3H3. The molecule has 1 atom stereocenters. The van der Waals surface area contributed by atoms with Crippen LogP contribution in [0.3, 0.4) is 0 Å². The van der Waals surface area contributed by atoms with Gasteiger partial charge in [-0.15, -0.1) is 0 Å². The molecule has 0 radical (unpaired) electrons. The van der Waals surface area contributed by atoms with Crippen LogP contribution in [0.1, 0.15) is 25.8 Å². The zero-order valence-electron chi connectivity index (χ0n) is 10.9. The molecule has 1 heterocycles. The summed E-state index contributed by atoms with van der Waals surface area (Å²) in [7, 11) is 1.64. The highest BCUT2D eigenvalue weighted by Gasteiger charge is 2.16. The third-order valence-corrected chi connectivity index (χ3v) is 2.90. The first-order valence-corrected chi connectivity index (χ1v) is 5.97. The minimum Gasteiger partial charge on any atom is -0.497 e. The molecule has 4 nitrogen and oxygen atoms in total. The van der Waals surface area contributed by atoms with Gasteiger partial charge in [-0.05, 0) is 30.2 Å². The summed E-state index contributed by atoms with van der Waals surface area (Å²) in [5.41, 5.74) is 6.96. The zero-order chi connectivity index (χ0) is 13.1. The number of rotatable bonds is 4. The molecule has 0 aliphatic carbocycles. The van der Waals surface area contributed by atoms with Crippen LogP contribution in [0, 0.1) is 5.92 Å². The smallest absolute Gasteiger partial charge is 0.212 e. The van der Waals surface area contributed by atoms with Crippen molar-refractivity contribution in [3.63, 3.8) is 0 Å². The van der Waals surface area contributed by atoms with Gasteiger partial charge < -0.3 is 14.9 Å². The van der Waals surface area contributed by atoms with E-state index < -0.39 is 0 Å². The van der Waals surface area contributed by atoms with Crippen LogP contribution in [0.4, 0.5) is 0 Å². The third-order valence-electron chi connectivity index (χ3n) is 2.90. The first-order valence-electron chi connectivity index (χ1n) is 5.97. The Morgan fingerprint density at radius 1 is 1.22 bits per heavy atom. The Labute approximate surface area is 107 Å². The molecule has 0 bridgehead atoms. The maximum atomic E-state index is 6.00. The number of methoxy groups -OCH3 is 1. The number of ether oxygens (including phenoxy) is 1. The molecule has 0 saturated heterocycles. The fourth-order valence-corrected chi connectivity index (χ4v) is 1.62. The third kappa shape index (κ3) is 2.54. The summed E-state index contributed by atoms with van der Waals surface area (Å²) in [4.78, 5) is 4.23. The molecular formula is C14H18N2O2. The van der Waals surface area contributed by atoms with Gasteiger partial charge in [-0.1, -0.05) is 13.8 Å². The monoisotopic (exact) mass is 246 g/mol. The van der Waals surface area contributed by atoms with Gasteiger partial charge in [-0.25, -0.2) is 4.98 Å². The topological polar surface area (TPSA) is 61.3 Å². The summed E-state index contributed by atoms with van der Waals surface area (Å²) in [5.74, 6) is 2.42. The van der Waals surface area contributed by atoms with E-state index in [0.29, 0.717) is 11.8 Å². The number of hydrogen-bond donors (Lipinski definition) is 1. The predicted octanol–water partition coefficient (Wildman–Crippen LogP) is 3.01. The van der Waals surface area contributed by atoms with Gasteiger partial charge in [0.05, 0.1) is 19.3 Å². The number of oxazole rings is 1. The van der Waals surface area contributed by atoms with Crippen molar-refractivity contribution in [1.29, 1.82) is 0 Å². The van der Waals surface area contributed by atoms with E-state index in [9.17, 15) is 0 Å². The van der Waals surface area contributed by atoms with Gasteiger partial charge in [0.25, 0.3) is 0 Å². The Hall–Kier alpha value is -1.81. The van der Waals surface area contributed by atoms with Crippen LogP contribution in [-0.4, -0.2) is 12.1 Å². The summed E-state index contributed by atoms with van der Waals surface area (Å²) in [6.07, 6.45) is 1.71. The van der Waals surface area contributed by atoms with E-state index in [1.54, 1.807) is 13.3 Å². The van der Waals surface area contributed by atoms with Gasteiger partial charge in [-0.3, -0.25) is 0 Å². The van der Waals surface area contributed by atoms with Crippen molar-refractivity contribution in [3.05, 3.63) is 36.4 Å². The second kappa shape index (κ2) is 5.23. The minimum atomic E-state index is -0.169. The number of nitrogens with zero attached hydrogens (tertiary/aromatic N) is 1. The number of benzene rings is 1. The molecule has 0 fully saturated rings. The lowest BCUT2D eigenvalue weighted by Gasteiger charge is -2.10. The van der Waals surface area contributed by atoms with Gasteiger partial charge >= 0.3 is 0 Å². The van der Waals surface area contributed by atoms with Crippen LogP contribution in [0.15, 0.2) is 34.9 Å². The normalized spacial score (nSPS) is 12.7. The van der Waals surface area contributed by atoms with E-state index in [-0.39, 0.29) is 6.04 Å². The maximum Gasteiger partial charge on any atom is 0.212 e. The van der Waals surface area contributed by atoms with Crippen molar-refractivity contribution in [3.8, 4) is 17.1 Å². The lowest BCUT2D eigenvalue weighted by atomic mass is 10.1. The molecule has 2 N–H and O–H groups in total. The van der Waals surface area contributed by atoms with E-state index >= 15 is 0 Å². The molecule has 1 aromatic carbocycles. The number of aromatic nitrogens is 1. The molecule has 2 rings (SSSR count). The molecule has 4 heteroatoms.